The molecule has 5 rings (SSSR count). The van der Waals surface area contributed by atoms with Crippen LogP contribution in [0.1, 0.15) is 63.0 Å². The molecule has 202 valence electrons. The maximum Gasteiger partial charge on any atom is 0.335 e. The second-order valence-electron chi connectivity index (χ2n) is 10.3. The third-order valence-corrected chi connectivity index (χ3v) is 7.99. The maximum absolute atomic E-state index is 16.1. The van der Waals surface area contributed by atoms with Crippen LogP contribution < -0.4 is 0 Å². The Morgan fingerprint density at radius 3 is 2.51 bits per heavy atom. The molecule has 2 aliphatic rings. The summed E-state index contributed by atoms with van der Waals surface area (Å²) in [5.74, 6) is -1.34. The zero-order valence-corrected chi connectivity index (χ0v) is 23.2. The van der Waals surface area contributed by atoms with Gasteiger partial charge in [-0.05, 0) is 107 Å². The van der Waals surface area contributed by atoms with Gasteiger partial charge in [0.2, 0.25) is 0 Å². The number of halogens is 4. The summed E-state index contributed by atoms with van der Waals surface area (Å²) < 4.78 is 28.6. The molecule has 0 unspecified atom stereocenters. The van der Waals surface area contributed by atoms with Crippen LogP contribution in [0.5, 0.6) is 0 Å². The van der Waals surface area contributed by atoms with Gasteiger partial charge in [0, 0.05) is 35.2 Å². The van der Waals surface area contributed by atoms with Crippen molar-refractivity contribution < 1.29 is 18.7 Å². The lowest BCUT2D eigenvalue weighted by Crippen LogP contribution is -2.40. The number of carboxylic acid groups (broad SMARTS) is 1. The lowest BCUT2D eigenvalue weighted by atomic mass is 9.84. The van der Waals surface area contributed by atoms with E-state index in [1.165, 1.54) is 5.57 Å². The van der Waals surface area contributed by atoms with Gasteiger partial charge in [-0.3, -0.25) is 9.29 Å². The van der Waals surface area contributed by atoms with Crippen molar-refractivity contribution >= 4 is 46.4 Å². The predicted octanol–water partition coefficient (Wildman–Crippen LogP) is 8.49. The molecule has 3 aromatic carbocycles. The fourth-order valence-corrected chi connectivity index (χ4v) is 6.20. The second kappa shape index (κ2) is 11.6. The highest BCUT2D eigenvalue weighted by Gasteiger charge is 2.26. The Bertz CT molecular complexity index is 1480. The van der Waals surface area contributed by atoms with Crippen molar-refractivity contribution in [3.63, 3.8) is 0 Å². The smallest absolute Gasteiger partial charge is 0.335 e. The molecule has 1 N–H and O–H groups in total. The summed E-state index contributed by atoms with van der Waals surface area (Å²) in [6.45, 7) is 3.85. The molecule has 1 aliphatic carbocycles. The van der Waals surface area contributed by atoms with Crippen LogP contribution in [0.4, 0.5) is 8.78 Å². The number of rotatable bonds is 7. The lowest BCUT2D eigenvalue weighted by molar-refractivity contribution is 0.0696. The van der Waals surface area contributed by atoms with Crippen LogP contribution in [-0.2, 0) is 6.42 Å². The SMILES string of the molecule is Cc1cc(C=C2CN(CCCF)C2)cc(F)c1C1=C(c2ccc(Cl)cc2Cl)CCCc2cc(C(=O)O)ccc21. The Morgan fingerprint density at radius 2 is 1.82 bits per heavy atom. The highest BCUT2D eigenvalue weighted by atomic mass is 35.5. The summed E-state index contributed by atoms with van der Waals surface area (Å²) in [7, 11) is 0. The minimum atomic E-state index is -0.993. The molecule has 0 saturated carbocycles. The van der Waals surface area contributed by atoms with E-state index in [0.717, 1.165) is 65.0 Å². The fourth-order valence-electron chi connectivity index (χ4n) is 5.68. The fraction of sp³-hybridized carbons (Fsp3) is 0.281. The number of aryl methyl sites for hydroxylation is 2. The van der Waals surface area contributed by atoms with E-state index < -0.39 is 5.97 Å². The van der Waals surface area contributed by atoms with Crippen molar-refractivity contribution in [1.82, 2.24) is 4.90 Å². The summed E-state index contributed by atoms with van der Waals surface area (Å²) in [5, 5.41) is 10.6. The Labute approximate surface area is 237 Å². The van der Waals surface area contributed by atoms with Gasteiger partial charge in [0.25, 0.3) is 0 Å². The number of hydrogen-bond acceptors (Lipinski definition) is 2. The van der Waals surface area contributed by atoms with Crippen molar-refractivity contribution in [2.24, 2.45) is 0 Å². The first-order valence-corrected chi connectivity index (χ1v) is 13.8. The summed E-state index contributed by atoms with van der Waals surface area (Å²) in [6.07, 6.45) is 4.61. The third-order valence-electron chi connectivity index (χ3n) is 7.44. The van der Waals surface area contributed by atoms with Crippen molar-refractivity contribution in [1.29, 1.82) is 0 Å². The molecule has 1 aliphatic heterocycles. The Hall–Kier alpha value is -2.99. The van der Waals surface area contributed by atoms with E-state index in [0.29, 0.717) is 34.9 Å². The van der Waals surface area contributed by atoms with Gasteiger partial charge < -0.3 is 5.11 Å². The van der Waals surface area contributed by atoms with Crippen molar-refractivity contribution in [2.45, 2.75) is 32.6 Å². The minimum absolute atomic E-state index is 0.210. The van der Waals surface area contributed by atoms with E-state index in [2.05, 4.69) is 4.90 Å². The Morgan fingerprint density at radius 1 is 1.05 bits per heavy atom. The van der Waals surface area contributed by atoms with Crippen molar-refractivity contribution in [3.8, 4) is 0 Å². The number of benzene rings is 3. The second-order valence-corrected chi connectivity index (χ2v) is 11.1. The predicted molar refractivity (Wildman–Crippen MR) is 155 cm³/mol. The van der Waals surface area contributed by atoms with E-state index in [1.807, 2.05) is 25.1 Å². The number of allylic oxidation sites excluding steroid dienone is 1. The molecule has 0 spiro atoms. The monoisotopic (exact) mass is 567 g/mol. The molecular formula is C32H29Cl2F2NO2. The lowest BCUT2D eigenvalue weighted by Gasteiger charge is -2.33. The molecule has 39 heavy (non-hydrogen) atoms. The van der Waals surface area contributed by atoms with Gasteiger partial charge >= 0.3 is 5.97 Å². The molecule has 3 aromatic rings. The molecular weight excluding hydrogens is 539 g/mol. The molecule has 0 aromatic heterocycles. The first-order valence-electron chi connectivity index (χ1n) is 13.1. The molecule has 0 bridgehead atoms. The molecule has 1 saturated heterocycles. The molecule has 0 atom stereocenters. The average Bonchev–Trinajstić information content (AvgIpc) is 3.04. The first kappa shape index (κ1) is 27.6. The molecule has 0 radical (unpaired) electrons. The Balaban J connectivity index is 1.64. The van der Waals surface area contributed by atoms with Crippen LogP contribution in [0.3, 0.4) is 0 Å². The summed E-state index contributed by atoms with van der Waals surface area (Å²) in [5.41, 5.74) is 7.58. The van der Waals surface area contributed by atoms with E-state index in [1.54, 1.807) is 36.4 Å². The highest BCUT2D eigenvalue weighted by molar-refractivity contribution is 6.36. The zero-order chi connectivity index (χ0) is 27.7. The molecule has 0 amide bonds. The van der Waals surface area contributed by atoms with Gasteiger partial charge in [0.15, 0.2) is 0 Å². The van der Waals surface area contributed by atoms with Crippen LogP contribution in [-0.4, -0.2) is 42.3 Å². The minimum Gasteiger partial charge on any atom is -0.478 e. The van der Waals surface area contributed by atoms with Crippen molar-refractivity contribution in [3.05, 3.63) is 109 Å². The standard InChI is InChI=1S/C32H29Cl2F2NO2/c1-19-12-20(13-21-17-37(18-21)11-3-10-35)14-29(36)30(19)31-25-8-6-23(32(38)39)15-22(25)4-2-5-27(31)26-9-7-24(33)16-28(26)34/h6-9,12-16H,2-5,10-11,17-18H2,1H3,(H,38,39). The van der Waals surface area contributed by atoms with Crippen LogP contribution in [0.15, 0.2) is 54.1 Å². The normalized spacial score (nSPS) is 15.6. The van der Waals surface area contributed by atoms with Crippen LogP contribution >= 0.6 is 23.2 Å². The molecule has 3 nitrogen and oxygen atoms in total. The maximum atomic E-state index is 16.1. The average molecular weight is 568 g/mol. The molecule has 1 fully saturated rings. The number of alkyl halides is 1. The van der Waals surface area contributed by atoms with Gasteiger partial charge in [-0.2, -0.15) is 0 Å². The number of fused-ring (bicyclic) bond motifs is 1. The Kier molecular flexibility index (Phi) is 8.22. The van der Waals surface area contributed by atoms with Gasteiger partial charge in [-0.1, -0.05) is 47.5 Å². The van der Waals surface area contributed by atoms with Gasteiger partial charge in [0.1, 0.15) is 5.82 Å². The quantitative estimate of drug-likeness (QED) is 0.311. The molecule has 1 heterocycles. The van der Waals surface area contributed by atoms with Gasteiger partial charge in [-0.15, -0.1) is 0 Å². The van der Waals surface area contributed by atoms with Gasteiger partial charge in [0.05, 0.1) is 12.2 Å². The number of likely N-dealkylation sites (tertiary alicyclic amines) is 1. The summed E-state index contributed by atoms with van der Waals surface area (Å²) in [4.78, 5) is 13.9. The molecule has 7 heteroatoms. The first-order chi connectivity index (χ1) is 18.7. The number of aromatic carboxylic acids is 1. The van der Waals surface area contributed by atoms with Crippen molar-refractivity contribution in [2.75, 3.05) is 26.3 Å². The summed E-state index contributed by atoms with van der Waals surface area (Å²) >= 11 is 12.9. The highest BCUT2D eigenvalue weighted by Crippen LogP contribution is 2.44. The number of hydrogen-bond donors (Lipinski definition) is 1. The van der Waals surface area contributed by atoms with Crippen LogP contribution in [0.25, 0.3) is 17.2 Å². The number of carbonyl (C=O) groups is 1. The number of carboxylic acids is 1. The largest absolute Gasteiger partial charge is 0.478 e. The van der Waals surface area contributed by atoms with E-state index >= 15 is 4.39 Å². The van der Waals surface area contributed by atoms with E-state index in [9.17, 15) is 14.3 Å². The third kappa shape index (κ3) is 5.81. The van der Waals surface area contributed by atoms with E-state index in [4.69, 9.17) is 23.2 Å². The van der Waals surface area contributed by atoms with E-state index in [-0.39, 0.29) is 18.1 Å². The van der Waals surface area contributed by atoms with Crippen LogP contribution in [0, 0.1) is 12.7 Å². The topological polar surface area (TPSA) is 40.5 Å². The number of nitrogens with zero attached hydrogens (tertiary/aromatic N) is 1. The summed E-state index contributed by atoms with van der Waals surface area (Å²) in [6, 6.07) is 13.9. The van der Waals surface area contributed by atoms with Crippen LogP contribution in [0.2, 0.25) is 10.0 Å². The van der Waals surface area contributed by atoms with Gasteiger partial charge in [-0.25, -0.2) is 9.18 Å². The zero-order valence-electron chi connectivity index (χ0n) is 21.7.